The summed E-state index contributed by atoms with van der Waals surface area (Å²) in [6, 6.07) is 6.83. The van der Waals surface area contributed by atoms with Crippen molar-refractivity contribution in [1.82, 2.24) is 4.98 Å². The van der Waals surface area contributed by atoms with E-state index in [1.54, 1.807) is 18.3 Å². The molecule has 1 amide bonds. The van der Waals surface area contributed by atoms with Crippen LogP contribution < -0.4 is 10.2 Å². The van der Waals surface area contributed by atoms with E-state index in [1.165, 1.54) is 12.1 Å². The molecule has 1 aliphatic heterocycles. The molecule has 5 nitrogen and oxygen atoms in total. The number of halogens is 2. The molecule has 0 atom stereocenters. The molecule has 0 unspecified atom stereocenters. The summed E-state index contributed by atoms with van der Waals surface area (Å²) in [5.41, 5.74) is 0.0902. The fourth-order valence-electron chi connectivity index (χ4n) is 2.94. The van der Waals surface area contributed by atoms with Crippen LogP contribution in [0, 0.1) is 17.6 Å². The highest BCUT2D eigenvalue weighted by atomic mass is 19.2. The predicted octanol–water partition coefficient (Wildman–Crippen LogP) is 2.82. The van der Waals surface area contributed by atoms with Gasteiger partial charge in [-0.05, 0) is 43.0 Å². The highest BCUT2D eigenvalue weighted by molar-refractivity contribution is 6.05. The minimum absolute atomic E-state index is 0.165. The molecule has 25 heavy (non-hydrogen) atoms. The van der Waals surface area contributed by atoms with Crippen LogP contribution >= 0.6 is 0 Å². The van der Waals surface area contributed by atoms with Gasteiger partial charge in [-0.1, -0.05) is 6.07 Å². The smallest absolute Gasteiger partial charge is 0.258 e. The van der Waals surface area contributed by atoms with Gasteiger partial charge in [-0.2, -0.15) is 0 Å². The average Bonchev–Trinajstić information content (AvgIpc) is 2.64. The largest absolute Gasteiger partial charge is 0.396 e. The number of rotatable bonds is 4. The number of nitrogens with one attached hydrogen (secondary N) is 1. The van der Waals surface area contributed by atoms with Crippen LogP contribution in [0.3, 0.4) is 0 Å². The molecule has 0 spiro atoms. The topological polar surface area (TPSA) is 65.5 Å². The number of aliphatic hydroxyl groups is 1. The van der Waals surface area contributed by atoms with Gasteiger partial charge in [-0.25, -0.2) is 13.8 Å². The zero-order chi connectivity index (χ0) is 17.8. The molecule has 1 aliphatic rings. The molecular weight excluding hydrogens is 328 g/mol. The summed E-state index contributed by atoms with van der Waals surface area (Å²) >= 11 is 0. The number of aliphatic hydroxyl groups excluding tert-OH is 1. The first kappa shape index (κ1) is 17.3. The van der Waals surface area contributed by atoms with E-state index in [0.717, 1.165) is 18.9 Å². The number of carbonyl (C=O) groups excluding carboxylic acids is 1. The normalized spacial score (nSPS) is 15.2. The Morgan fingerprint density at radius 2 is 2.00 bits per heavy atom. The minimum atomic E-state index is -1.17. The monoisotopic (exact) mass is 347 g/mol. The fourth-order valence-corrected chi connectivity index (χ4v) is 2.94. The Morgan fingerprint density at radius 3 is 2.72 bits per heavy atom. The Balaban J connectivity index is 1.79. The van der Waals surface area contributed by atoms with E-state index in [9.17, 15) is 18.7 Å². The van der Waals surface area contributed by atoms with Crippen molar-refractivity contribution in [3.8, 4) is 0 Å². The van der Waals surface area contributed by atoms with Crippen molar-refractivity contribution in [2.75, 3.05) is 29.9 Å². The lowest BCUT2D eigenvalue weighted by atomic mass is 9.98. The van der Waals surface area contributed by atoms with Gasteiger partial charge in [0.05, 0.1) is 11.3 Å². The second-order valence-corrected chi connectivity index (χ2v) is 6.04. The lowest BCUT2D eigenvalue weighted by Gasteiger charge is -2.33. The lowest BCUT2D eigenvalue weighted by Crippen LogP contribution is -2.36. The molecule has 0 aliphatic carbocycles. The van der Waals surface area contributed by atoms with E-state index in [1.807, 2.05) is 4.90 Å². The number of aromatic nitrogens is 1. The molecule has 132 valence electrons. The van der Waals surface area contributed by atoms with Crippen LogP contribution in [0.1, 0.15) is 23.2 Å². The molecular formula is C18H19F2N3O2. The standard InChI is InChI=1S/C18H19F2N3O2/c19-14-4-1-3-13(16(14)20)18(25)22-15-5-2-8-21-17(15)23-9-6-12(11-24)7-10-23/h1-5,8,12,24H,6-7,9-11H2,(H,22,25). The lowest BCUT2D eigenvalue weighted by molar-refractivity contribution is 0.102. The Morgan fingerprint density at radius 1 is 1.24 bits per heavy atom. The Labute approximate surface area is 144 Å². The van der Waals surface area contributed by atoms with E-state index < -0.39 is 17.5 Å². The van der Waals surface area contributed by atoms with E-state index in [2.05, 4.69) is 10.3 Å². The predicted molar refractivity (Wildman–Crippen MR) is 90.6 cm³/mol. The van der Waals surface area contributed by atoms with Crippen LogP contribution in [0.2, 0.25) is 0 Å². The van der Waals surface area contributed by atoms with Gasteiger partial charge in [0.2, 0.25) is 0 Å². The molecule has 2 aromatic rings. The molecule has 1 aromatic carbocycles. The Hall–Kier alpha value is -2.54. The van der Waals surface area contributed by atoms with Gasteiger partial charge < -0.3 is 15.3 Å². The number of pyridine rings is 1. The molecule has 3 rings (SSSR count). The van der Waals surface area contributed by atoms with Gasteiger partial charge in [0, 0.05) is 25.9 Å². The summed E-state index contributed by atoms with van der Waals surface area (Å²) in [6.45, 7) is 1.58. The van der Waals surface area contributed by atoms with E-state index in [4.69, 9.17) is 0 Å². The molecule has 7 heteroatoms. The first-order valence-electron chi connectivity index (χ1n) is 8.16. The summed E-state index contributed by atoms with van der Waals surface area (Å²) in [4.78, 5) is 18.7. The number of hydrogen-bond donors (Lipinski definition) is 2. The average molecular weight is 347 g/mol. The second kappa shape index (κ2) is 7.57. The molecule has 0 radical (unpaired) electrons. The second-order valence-electron chi connectivity index (χ2n) is 6.04. The fraction of sp³-hybridized carbons (Fsp3) is 0.333. The summed E-state index contributed by atoms with van der Waals surface area (Å²) in [5, 5.41) is 11.9. The number of anilines is 2. The van der Waals surface area contributed by atoms with Crippen LogP contribution in [0.15, 0.2) is 36.5 Å². The summed E-state index contributed by atoms with van der Waals surface area (Å²) in [6.07, 6.45) is 3.28. The quantitative estimate of drug-likeness (QED) is 0.893. The van der Waals surface area contributed by atoms with Crippen molar-refractivity contribution in [2.45, 2.75) is 12.8 Å². The van der Waals surface area contributed by atoms with Crippen LogP contribution in [0.5, 0.6) is 0 Å². The number of nitrogens with zero attached hydrogens (tertiary/aromatic N) is 2. The van der Waals surface area contributed by atoms with Crippen molar-refractivity contribution in [3.05, 3.63) is 53.7 Å². The van der Waals surface area contributed by atoms with Gasteiger partial charge >= 0.3 is 0 Å². The molecule has 1 aromatic heterocycles. The van der Waals surface area contributed by atoms with E-state index in [0.29, 0.717) is 24.6 Å². The van der Waals surface area contributed by atoms with Crippen LogP contribution in [-0.4, -0.2) is 35.7 Å². The van der Waals surface area contributed by atoms with Gasteiger partial charge in [-0.15, -0.1) is 0 Å². The van der Waals surface area contributed by atoms with Gasteiger partial charge in [0.15, 0.2) is 17.5 Å². The highest BCUT2D eigenvalue weighted by Crippen LogP contribution is 2.28. The van der Waals surface area contributed by atoms with Crippen molar-refractivity contribution >= 4 is 17.4 Å². The first-order valence-corrected chi connectivity index (χ1v) is 8.16. The zero-order valence-corrected chi connectivity index (χ0v) is 13.6. The Bertz CT molecular complexity index is 762. The van der Waals surface area contributed by atoms with Gasteiger partial charge in [-0.3, -0.25) is 4.79 Å². The van der Waals surface area contributed by atoms with Gasteiger partial charge in [0.25, 0.3) is 5.91 Å². The molecule has 0 bridgehead atoms. The maximum absolute atomic E-state index is 13.8. The van der Waals surface area contributed by atoms with Crippen molar-refractivity contribution < 1.29 is 18.7 Å². The molecule has 1 fully saturated rings. The number of carbonyl (C=O) groups is 1. The minimum Gasteiger partial charge on any atom is -0.396 e. The third-order valence-electron chi connectivity index (χ3n) is 4.40. The van der Waals surface area contributed by atoms with E-state index >= 15 is 0 Å². The van der Waals surface area contributed by atoms with Crippen molar-refractivity contribution in [1.29, 1.82) is 0 Å². The maximum atomic E-state index is 13.8. The van der Waals surface area contributed by atoms with Crippen LogP contribution in [0.25, 0.3) is 0 Å². The summed E-state index contributed by atoms with van der Waals surface area (Å²) in [7, 11) is 0. The van der Waals surface area contributed by atoms with E-state index in [-0.39, 0.29) is 18.1 Å². The van der Waals surface area contributed by atoms with Crippen molar-refractivity contribution in [3.63, 3.8) is 0 Å². The molecule has 0 saturated carbocycles. The van der Waals surface area contributed by atoms with Crippen LogP contribution in [-0.2, 0) is 0 Å². The molecule has 1 saturated heterocycles. The third-order valence-corrected chi connectivity index (χ3v) is 4.40. The third kappa shape index (κ3) is 3.76. The summed E-state index contributed by atoms with van der Waals surface area (Å²) in [5.74, 6) is -2.10. The highest BCUT2D eigenvalue weighted by Gasteiger charge is 2.23. The first-order chi connectivity index (χ1) is 12.1. The van der Waals surface area contributed by atoms with Crippen molar-refractivity contribution in [2.24, 2.45) is 5.92 Å². The SMILES string of the molecule is O=C(Nc1cccnc1N1CCC(CO)CC1)c1cccc(F)c1F. The maximum Gasteiger partial charge on any atom is 0.258 e. The zero-order valence-electron chi connectivity index (χ0n) is 13.6. The number of amides is 1. The molecule has 2 heterocycles. The van der Waals surface area contributed by atoms with Crippen LogP contribution in [0.4, 0.5) is 20.3 Å². The van der Waals surface area contributed by atoms with Gasteiger partial charge in [0.1, 0.15) is 0 Å². The molecule has 2 N–H and O–H groups in total. The number of hydrogen-bond acceptors (Lipinski definition) is 4. The summed E-state index contributed by atoms with van der Waals surface area (Å²) < 4.78 is 27.1. The Kier molecular flexibility index (Phi) is 5.23. The number of benzene rings is 1. The number of piperidine rings is 1.